The zero-order chi connectivity index (χ0) is 16.4. The van der Waals surface area contributed by atoms with E-state index in [2.05, 4.69) is 32.6 Å². The Balaban J connectivity index is 1.96. The highest BCUT2D eigenvalue weighted by Gasteiger charge is 2.26. The van der Waals surface area contributed by atoms with Gasteiger partial charge >= 0.3 is 0 Å². The maximum absolute atomic E-state index is 11.8. The standard InChI is InChI=1S/C15H15IN2O4S/c1-23(19,20)15-17-12-7-13(16)21-9-11(12)14(18-15)22-8-10-5-3-2-4-6-10/h2-6,13H,7-9H2,1H3. The van der Waals surface area contributed by atoms with Gasteiger partial charge in [-0.15, -0.1) is 0 Å². The number of alkyl halides is 1. The van der Waals surface area contributed by atoms with E-state index in [4.69, 9.17) is 9.47 Å². The molecule has 0 saturated heterocycles. The van der Waals surface area contributed by atoms with Gasteiger partial charge < -0.3 is 9.47 Å². The molecule has 0 aliphatic carbocycles. The molecule has 0 N–H and O–H groups in total. The largest absolute Gasteiger partial charge is 0.472 e. The Morgan fingerprint density at radius 2 is 2.04 bits per heavy atom. The van der Waals surface area contributed by atoms with Gasteiger partial charge in [-0.1, -0.05) is 52.9 Å². The average Bonchev–Trinajstić information content (AvgIpc) is 2.52. The number of benzene rings is 1. The lowest BCUT2D eigenvalue weighted by atomic mass is 10.1. The minimum absolute atomic E-state index is 0.0376. The number of hydrogen-bond donors (Lipinski definition) is 0. The third-order valence-electron chi connectivity index (χ3n) is 3.35. The van der Waals surface area contributed by atoms with Crippen molar-refractivity contribution in [3.05, 3.63) is 47.2 Å². The van der Waals surface area contributed by atoms with Gasteiger partial charge in [-0.25, -0.2) is 13.4 Å². The number of rotatable bonds is 4. The molecule has 2 heterocycles. The van der Waals surface area contributed by atoms with Crippen molar-refractivity contribution in [1.82, 2.24) is 9.97 Å². The average molecular weight is 446 g/mol. The van der Waals surface area contributed by atoms with Gasteiger partial charge in [0.25, 0.3) is 0 Å². The molecule has 23 heavy (non-hydrogen) atoms. The van der Waals surface area contributed by atoms with E-state index in [1.807, 2.05) is 30.3 Å². The summed E-state index contributed by atoms with van der Waals surface area (Å²) in [7, 11) is -3.50. The summed E-state index contributed by atoms with van der Waals surface area (Å²) in [5, 5.41) is -0.204. The van der Waals surface area contributed by atoms with Gasteiger partial charge in [0.1, 0.15) is 10.7 Å². The minimum atomic E-state index is -3.50. The van der Waals surface area contributed by atoms with Crippen molar-refractivity contribution in [2.24, 2.45) is 0 Å². The van der Waals surface area contributed by atoms with E-state index in [0.29, 0.717) is 25.3 Å². The van der Waals surface area contributed by atoms with Crippen molar-refractivity contribution in [2.75, 3.05) is 6.26 Å². The van der Waals surface area contributed by atoms with Crippen LogP contribution in [0.1, 0.15) is 16.8 Å². The summed E-state index contributed by atoms with van der Waals surface area (Å²) in [4.78, 5) is 8.28. The number of halogens is 1. The van der Waals surface area contributed by atoms with Gasteiger partial charge in [-0.05, 0) is 5.56 Å². The Bertz CT molecular complexity index is 812. The quantitative estimate of drug-likeness (QED) is 0.408. The molecular weight excluding hydrogens is 431 g/mol. The van der Waals surface area contributed by atoms with Crippen LogP contribution in [0.15, 0.2) is 35.5 Å². The van der Waals surface area contributed by atoms with Crippen LogP contribution in [-0.2, 0) is 34.2 Å². The maximum atomic E-state index is 11.8. The lowest BCUT2D eigenvalue weighted by molar-refractivity contribution is 0.0906. The highest BCUT2D eigenvalue weighted by Crippen LogP contribution is 2.30. The van der Waals surface area contributed by atoms with Crippen molar-refractivity contribution < 1.29 is 17.9 Å². The Hall–Kier alpha value is -1.26. The molecule has 0 bridgehead atoms. The van der Waals surface area contributed by atoms with Gasteiger partial charge in [0.05, 0.1) is 17.9 Å². The minimum Gasteiger partial charge on any atom is -0.472 e. The second kappa shape index (κ2) is 6.70. The number of sulfone groups is 1. The van der Waals surface area contributed by atoms with Crippen LogP contribution in [0, 0.1) is 0 Å². The Morgan fingerprint density at radius 1 is 1.30 bits per heavy atom. The summed E-state index contributed by atoms with van der Waals surface area (Å²) >= 11 is 2.16. The van der Waals surface area contributed by atoms with Crippen LogP contribution in [-0.4, -0.2) is 28.8 Å². The van der Waals surface area contributed by atoms with Crippen LogP contribution < -0.4 is 4.74 Å². The number of fused-ring (bicyclic) bond motifs is 1. The third kappa shape index (κ3) is 3.99. The van der Waals surface area contributed by atoms with E-state index in [9.17, 15) is 8.42 Å². The first-order chi connectivity index (χ1) is 10.9. The van der Waals surface area contributed by atoms with Crippen LogP contribution in [0.4, 0.5) is 0 Å². The fourth-order valence-electron chi connectivity index (χ4n) is 2.20. The van der Waals surface area contributed by atoms with Crippen molar-refractivity contribution >= 4 is 32.4 Å². The first-order valence-corrected chi connectivity index (χ1v) is 10.1. The molecule has 1 aliphatic heterocycles. The van der Waals surface area contributed by atoms with Gasteiger partial charge in [0.15, 0.2) is 0 Å². The molecule has 6 nitrogen and oxygen atoms in total. The van der Waals surface area contributed by atoms with Crippen LogP contribution >= 0.6 is 22.6 Å². The molecule has 1 aromatic carbocycles. The maximum Gasteiger partial charge on any atom is 0.250 e. The summed E-state index contributed by atoms with van der Waals surface area (Å²) in [6.07, 6.45) is 1.62. The molecule has 3 rings (SSSR count). The molecule has 0 spiro atoms. The van der Waals surface area contributed by atoms with Crippen molar-refractivity contribution in [2.45, 2.75) is 28.9 Å². The molecule has 8 heteroatoms. The normalized spacial score (nSPS) is 17.6. The van der Waals surface area contributed by atoms with Gasteiger partial charge in [-0.3, -0.25) is 0 Å². The summed E-state index contributed by atoms with van der Waals surface area (Å²) in [6.45, 7) is 0.623. The van der Waals surface area contributed by atoms with Crippen molar-refractivity contribution in [3.8, 4) is 5.88 Å². The summed E-state index contributed by atoms with van der Waals surface area (Å²) < 4.78 is 35.0. The second-order valence-corrected chi connectivity index (χ2v) is 8.51. The number of nitrogens with zero attached hydrogens (tertiary/aromatic N) is 2. The number of hydrogen-bond acceptors (Lipinski definition) is 6. The Labute approximate surface area is 148 Å². The number of aromatic nitrogens is 2. The molecule has 1 aliphatic rings. The molecule has 2 aromatic rings. The molecule has 122 valence electrons. The predicted octanol–water partition coefficient (Wildman–Crippen LogP) is 2.29. The van der Waals surface area contributed by atoms with E-state index in [0.717, 1.165) is 17.4 Å². The second-order valence-electron chi connectivity index (χ2n) is 5.21. The predicted molar refractivity (Wildman–Crippen MR) is 92.2 cm³/mol. The zero-order valence-corrected chi connectivity index (χ0v) is 15.4. The summed E-state index contributed by atoms with van der Waals surface area (Å²) in [6, 6.07) is 9.62. The Kier molecular flexibility index (Phi) is 4.83. The zero-order valence-electron chi connectivity index (χ0n) is 12.4. The third-order valence-corrected chi connectivity index (χ3v) is 4.99. The lowest BCUT2D eigenvalue weighted by Crippen LogP contribution is -2.21. The first-order valence-electron chi connectivity index (χ1n) is 6.96. The molecule has 0 saturated carbocycles. The molecule has 0 fully saturated rings. The fraction of sp³-hybridized carbons (Fsp3) is 0.333. The SMILES string of the molecule is CS(=O)(=O)c1nc2c(c(OCc3ccccc3)n1)COC(I)C2. The first kappa shape index (κ1) is 16.6. The summed E-state index contributed by atoms with van der Waals surface area (Å²) in [5.74, 6) is 0.280. The monoisotopic (exact) mass is 446 g/mol. The molecule has 0 amide bonds. The number of ether oxygens (including phenoxy) is 2. The van der Waals surface area contributed by atoms with E-state index < -0.39 is 9.84 Å². The Morgan fingerprint density at radius 3 is 2.74 bits per heavy atom. The topological polar surface area (TPSA) is 78.4 Å². The van der Waals surface area contributed by atoms with Crippen LogP contribution in [0.2, 0.25) is 0 Å². The van der Waals surface area contributed by atoms with E-state index in [1.165, 1.54) is 0 Å². The van der Waals surface area contributed by atoms with Crippen molar-refractivity contribution in [3.63, 3.8) is 0 Å². The van der Waals surface area contributed by atoms with E-state index >= 15 is 0 Å². The van der Waals surface area contributed by atoms with Crippen LogP contribution in [0.25, 0.3) is 0 Å². The molecule has 1 unspecified atom stereocenters. The van der Waals surface area contributed by atoms with Gasteiger partial charge in [0, 0.05) is 12.7 Å². The van der Waals surface area contributed by atoms with Crippen LogP contribution in [0.3, 0.4) is 0 Å². The highest BCUT2D eigenvalue weighted by molar-refractivity contribution is 14.1. The molecule has 1 atom stereocenters. The highest BCUT2D eigenvalue weighted by atomic mass is 127. The van der Waals surface area contributed by atoms with Gasteiger partial charge in [-0.2, -0.15) is 4.98 Å². The lowest BCUT2D eigenvalue weighted by Gasteiger charge is -2.22. The summed E-state index contributed by atoms with van der Waals surface area (Å²) in [5.41, 5.74) is 2.37. The smallest absolute Gasteiger partial charge is 0.250 e. The van der Waals surface area contributed by atoms with Crippen LogP contribution in [0.5, 0.6) is 5.88 Å². The molecule has 0 radical (unpaired) electrons. The molecular formula is C15H15IN2O4S. The van der Waals surface area contributed by atoms with Crippen molar-refractivity contribution in [1.29, 1.82) is 0 Å². The van der Waals surface area contributed by atoms with E-state index in [1.54, 1.807) is 0 Å². The van der Waals surface area contributed by atoms with E-state index in [-0.39, 0.29) is 15.1 Å². The van der Waals surface area contributed by atoms with Gasteiger partial charge in [0.2, 0.25) is 20.9 Å². The molecule has 1 aromatic heterocycles. The fourth-order valence-corrected chi connectivity index (χ4v) is 3.32.